The van der Waals surface area contributed by atoms with Crippen LogP contribution in [-0.4, -0.2) is 81.1 Å². The van der Waals surface area contributed by atoms with Crippen LogP contribution in [0.25, 0.3) is 44.3 Å². The second-order valence-electron chi connectivity index (χ2n) is 18.4. The largest absolute Gasteiger partial charge is 0.361 e. The number of anilines is 1. The lowest BCUT2D eigenvalue weighted by atomic mass is 10.0. The minimum Gasteiger partial charge on any atom is -0.361 e. The fraction of sp³-hybridized carbons (Fsp3) is 0.417. The molecule has 11 rings (SSSR count). The van der Waals surface area contributed by atoms with Crippen LogP contribution < -0.4 is 10.2 Å². The van der Waals surface area contributed by atoms with Gasteiger partial charge in [0.2, 0.25) is 11.8 Å². The standard InChI is InChI=1S/C27H26F2N4O4S.C21H24N4O4S/c1-15-26(16(2)37-31-15)17-3-4-23-22(11-17)30-27(33(23)20-7-9-38(35,36)10-8-20)24-5-6-25(34)32(24)21-13-18(28)12-19(29)14-21;1-12-20(13(2)29-24-12)14-3-5-18-17(11-14)23-21(16-4-6-19(26)22-16)25(18)15-7-9-30(27,28)10-8-15/h3-4,11-14,20,24H,5-10H2,1-2H3;3,5,11,15-16H,4,6-10H2,1-2H3,(H,22,26)/t24-;16-/m00/s1. The van der Waals surface area contributed by atoms with Gasteiger partial charge in [-0.25, -0.2) is 35.6 Å². The summed E-state index contributed by atoms with van der Waals surface area (Å²) in [5.41, 5.74) is 8.69. The molecular formula is C48H50F2N8O8S2. The topological polar surface area (TPSA) is 205 Å². The lowest BCUT2D eigenvalue weighted by molar-refractivity contribution is -0.119. The number of aryl methyl sites for hydroxylation is 4. The van der Waals surface area contributed by atoms with Gasteiger partial charge in [0.25, 0.3) is 0 Å². The molecule has 0 saturated carbocycles. The van der Waals surface area contributed by atoms with E-state index < -0.39 is 37.4 Å². The van der Waals surface area contributed by atoms with Gasteiger partial charge < -0.3 is 28.4 Å². The third-order valence-corrected chi connectivity index (χ3v) is 17.2. The number of imidazole rings is 2. The van der Waals surface area contributed by atoms with E-state index in [9.17, 15) is 35.2 Å². The van der Waals surface area contributed by atoms with E-state index in [0.717, 1.165) is 80.0 Å². The molecule has 4 aliphatic heterocycles. The number of halogens is 2. The summed E-state index contributed by atoms with van der Waals surface area (Å²) in [7, 11) is -6.08. The van der Waals surface area contributed by atoms with Crippen LogP contribution in [0.5, 0.6) is 0 Å². The lowest BCUT2D eigenvalue weighted by Crippen LogP contribution is -2.32. The van der Waals surface area contributed by atoms with Crippen LogP contribution in [0.15, 0.2) is 63.6 Å². The van der Waals surface area contributed by atoms with Crippen LogP contribution in [-0.2, 0) is 29.3 Å². The van der Waals surface area contributed by atoms with Crippen LogP contribution in [0.3, 0.4) is 0 Å². The monoisotopic (exact) mass is 968 g/mol. The SMILES string of the molecule is Cc1noc(C)c1-c1ccc2c(c1)nc([C@@H]1CCC(=O)N1)n2C1CCS(=O)(=O)CC1.Cc1noc(C)c1-c1ccc2c(c1)nc([C@@H]1CCC(=O)N1c1cc(F)cc(F)c1)n2C1CCS(=O)(=O)CC1. The van der Waals surface area contributed by atoms with Crippen LogP contribution in [0.1, 0.15) is 110 Å². The number of carbonyl (C=O) groups is 2. The Hall–Kier alpha value is -6.28. The minimum atomic E-state index is -3.11. The summed E-state index contributed by atoms with van der Waals surface area (Å²) in [5, 5.41) is 11.1. The highest BCUT2D eigenvalue weighted by Crippen LogP contribution is 2.43. The van der Waals surface area contributed by atoms with Crippen LogP contribution in [0.2, 0.25) is 0 Å². The minimum absolute atomic E-state index is 0.0289. The van der Waals surface area contributed by atoms with Crippen LogP contribution in [0.4, 0.5) is 14.5 Å². The van der Waals surface area contributed by atoms with Gasteiger partial charge in [0.1, 0.15) is 54.5 Å². The molecule has 2 amide bonds. The van der Waals surface area contributed by atoms with Crippen molar-refractivity contribution < 1.29 is 44.3 Å². The van der Waals surface area contributed by atoms with Gasteiger partial charge in [-0.2, -0.15) is 0 Å². The summed E-state index contributed by atoms with van der Waals surface area (Å²) in [5.74, 6) is 1.57. The summed E-state index contributed by atoms with van der Waals surface area (Å²) in [4.78, 5) is 36.2. The number of amides is 2. The Labute approximate surface area is 390 Å². The average molecular weight is 969 g/mol. The molecule has 4 aromatic heterocycles. The summed E-state index contributed by atoms with van der Waals surface area (Å²) in [6.07, 6.45) is 3.77. The quantitative estimate of drug-likeness (QED) is 0.160. The van der Waals surface area contributed by atoms with E-state index in [1.807, 2.05) is 68.7 Å². The normalized spacial score (nSPS) is 20.9. The first-order valence-corrected chi connectivity index (χ1v) is 26.5. The summed E-state index contributed by atoms with van der Waals surface area (Å²) >= 11 is 0. The predicted octanol–water partition coefficient (Wildman–Crippen LogP) is 8.21. The number of rotatable bonds is 7. The summed E-state index contributed by atoms with van der Waals surface area (Å²) < 4.78 is 91.4. The number of aromatic nitrogens is 6. The number of fused-ring (bicyclic) bond motifs is 2. The molecule has 0 spiro atoms. The van der Waals surface area contributed by atoms with Gasteiger partial charge >= 0.3 is 0 Å². The predicted molar refractivity (Wildman–Crippen MR) is 249 cm³/mol. The molecule has 2 atom stereocenters. The second-order valence-corrected chi connectivity index (χ2v) is 23.0. The molecule has 7 aromatic rings. The van der Waals surface area contributed by atoms with E-state index >= 15 is 0 Å². The number of benzene rings is 3. The molecule has 356 valence electrons. The number of hydrogen-bond acceptors (Lipinski definition) is 12. The average Bonchev–Trinajstić information content (AvgIpc) is 4.15. The maximum Gasteiger partial charge on any atom is 0.227 e. The van der Waals surface area contributed by atoms with E-state index in [2.05, 4.69) is 20.2 Å². The van der Waals surface area contributed by atoms with Gasteiger partial charge in [-0.05, 0) is 114 Å². The molecule has 0 radical (unpaired) electrons. The third kappa shape index (κ3) is 8.49. The first kappa shape index (κ1) is 45.5. The molecule has 20 heteroatoms. The van der Waals surface area contributed by atoms with Gasteiger partial charge in [0.15, 0.2) is 0 Å². The molecule has 3 aromatic carbocycles. The number of hydrogen-bond donors (Lipinski definition) is 1. The van der Waals surface area contributed by atoms with E-state index in [4.69, 9.17) is 19.0 Å². The van der Waals surface area contributed by atoms with Gasteiger partial charge in [-0.3, -0.25) is 9.59 Å². The van der Waals surface area contributed by atoms with Gasteiger partial charge in [-0.1, -0.05) is 22.4 Å². The molecule has 4 aliphatic rings. The highest BCUT2D eigenvalue weighted by atomic mass is 32.2. The Morgan fingerprint density at radius 3 is 1.56 bits per heavy atom. The molecule has 1 N–H and O–H groups in total. The smallest absolute Gasteiger partial charge is 0.227 e. The maximum atomic E-state index is 14.1. The van der Waals surface area contributed by atoms with E-state index in [0.29, 0.717) is 62.0 Å². The third-order valence-electron chi connectivity index (χ3n) is 13.8. The number of carbonyl (C=O) groups excluding carboxylic acids is 2. The first-order valence-electron chi connectivity index (χ1n) is 22.8. The number of nitrogens with one attached hydrogen (secondary N) is 1. The molecule has 0 bridgehead atoms. The number of sulfone groups is 2. The van der Waals surface area contributed by atoms with Crippen LogP contribution in [0, 0.1) is 39.3 Å². The molecule has 8 heterocycles. The Morgan fingerprint density at radius 2 is 1.10 bits per heavy atom. The van der Waals surface area contributed by atoms with Crippen molar-refractivity contribution in [2.24, 2.45) is 0 Å². The summed E-state index contributed by atoms with van der Waals surface area (Å²) in [6, 6.07) is 14.2. The van der Waals surface area contributed by atoms with Gasteiger partial charge in [-0.15, -0.1) is 0 Å². The van der Waals surface area contributed by atoms with Crippen molar-refractivity contribution in [3.63, 3.8) is 0 Å². The Bertz CT molecular complexity index is 3310. The fourth-order valence-corrected chi connectivity index (χ4v) is 13.5. The van der Waals surface area contributed by atoms with Crippen molar-refractivity contribution in [3.8, 4) is 22.3 Å². The van der Waals surface area contributed by atoms with Crippen molar-refractivity contribution in [2.75, 3.05) is 27.9 Å². The van der Waals surface area contributed by atoms with E-state index in [1.54, 1.807) is 0 Å². The second kappa shape index (κ2) is 17.4. The zero-order chi connectivity index (χ0) is 47.8. The van der Waals surface area contributed by atoms with Gasteiger partial charge in [0, 0.05) is 42.1 Å². The van der Waals surface area contributed by atoms with Crippen molar-refractivity contribution >= 4 is 59.2 Å². The lowest BCUT2D eigenvalue weighted by Gasteiger charge is -2.30. The Morgan fingerprint density at radius 1 is 0.618 bits per heavy atom. The zero-order valence-electron chi connectivity index (χ0n) is 38.0. The molecule has 68 heavy (non-hydrogen) atoms. The van der Waals surface area contributed by atoms with E-state index in [1.165, 1.54) is 4.90 Å². The molecule has 4 fully saturated rings. The maximum absolute atomic E-state index is 14.1. The molecular weight excluding hydrogens is 919 g/mol. The van der Waals surface area contributed by atoms with Crippen molar-refractivity contribution in [3.05, 3.63) is 101 Å². The Balaban J connectivity index is 0.000000163. The van der Waals surface area contributed by atoms with E-state index in [-0.39, 0.29) is 65.1 Å². The summed E-state index contributed by atoms with van der Waals surface area (Å²) in [6.45, 7) is 7.51. The van der Waals surface area contributed by atoms with Crippen molar-refractivity contribution in [1.29, 1.82) is 0 Å². The molecule has 16 nitrogen and oxygen atoms in total. The Kier molecular flexibility index (Phi) is 11.6. The zero-order valence-corrected chi connectivity index (χ0v) is 39.6. The van der Waals surface area contributed by atoms with Crippen molar-refractivity contribution in [1.82, 2.24) is 34.7 Å². The molecule has 0 aliphatic carbocycles. The molecule has 0 unspecified atom stereocenters. The highest BCUT2D eigenvalue weighted by Gasteiger charge is 2.39. The highest BCUT2D eigenvalue weighted by molar-refractivity contribution is 7.91. The first-order chi connectivity index (χ1) is 32.4. The molecule has 4 saturated heterocycles. The van der Waals surface area contributed by atoms with Crippen LogP contribution >= 0.6 is 0 Å². The number of nitrogens with zero attached hydrogens (tertiary/aromatic N) is 7. The van der Waals surface area contributed by atoms with Gasteiger partial charge in [0.05, 0.1) is 74.2 Å². The fourth-order valence-electron chi connectivity index (χ4n) is 10.6. The van der Waals surface area contributed by atoms with Crippen molar-refractivity contribution in [2.45, 2.75) is 103 Å².